The summed E-state index contributed by atoms with van der Waals surface area (Å²) in [7, 11) is 0. The lowest BCUT2D eigenvalue weighted by molar-refractivity contribution is 0.0832. The number of ketones is 1. The van der Waals surface area contributed by atoms with Gasteiger partial charge in [0.2, 0.25) is 0 Å². The van der Waals surface area contributed by atoms with E-state index in [1.165, 1.54) is 0 Å². The van der Waals surface area contributed by atoms with Gasteiger partial charge in [0.15, 0.2) is 17.3 Å². The fourth-order valence-electron chi connectivity index (χ4n) is 2.43. The van der Waals surface area contributed by atoms with Crippen LogP contribution in [0.3, 0.4) is 0 Å². The molecule has 0 amide bonds. The van der Waals surface area contributed by atoms with Crippen LogP contribution in [0, 0.1) is 5.92 Å². The first kappa shape index (κ1) is 11.5. The van der Waals surface area contributed by atoms with Gasteiger partial charge < -0.3 is 15.2 Å². The molecule has 1 fully saturated rings. The van der Waals surface area contributed by atoms with Crippen molar-refractivity contribution in [2.45, 2.75) is 25.3 Å². The molecule has 2 aliphatic rings. The van der Waals surface area contributed by atoms with Crippen LogP contribution in [0.5, 0.6) is 11.5 Å². The standard InChI is InChI=1S/C14H17NO3/c15-11-6-10(7-11)14(16)9-2-3-12-13(8-9)18-5-1-4-17-12/h2-3,8,10-11H,1,4-7,15H2. The lowest BCUT2D eigenvalue weighted by Gasteiger charge is -2.31. The van der Waals surface area contributed by atoms with Gasteiger partial charge in [0.25, 0.3) is 0 Å². The number of hydrogen-bond donors (Lipinski definition) is 1. The van der Waals surface area contributed by atoms with E-state index in [2.05, 4.69) is 0 Å². The Hall–Kier alpha value is -1.55. The van der Waals surface area contributed by atoms with Gasteiger partial charge in [-0.15, -0.1) is 0 Å². The zero-order chi connectivity index (χ0) is 12.5. The topological polar surface area (TPSA) is 61.6 Å². The fraction of sp³-hybridized carbons (Fsp3) is 0.500. The van der Waals surface area contributed by atoms with Crippen molar-refractivity contribution in [1.29, 1.82) is 0 Å². The molecule has 0 bridgehead atoms. The van der Waals surface area contributed by atoms with E-state index in [1.54, 1.807) is 6.07 Å². The highest BCUT2D eigenvalue weighted by Crippen LogP contribution is 2.34. The van der Waals surface area contributed by atoms with E-state index in [1.807, 2.05) is 12.1 Å². The lowest BCUT2D eigenvalue weighted by Crippen LogP contribution is -2.40. The van der Waals surface area contributed by atoms with Crippen LogP contribution >= 0.6 is 0 Å². The second-order valence-electron chi connectivity index (χ2n) is 5.00. The molecule has 96 valence electrons. The van der Waals surface area contributed by atoms with E-state index in [0.717, 1.165) is 25.0 Å². The molecular formula is C14H17NO3. The number of ether oxygens (including phenoxy) is 2. The highest BCUT2D eigenvalue weighted by Gasteiger charge is 2.32. The second-order valence-corrected chi connectivity index (χ2v) is 5.00. The highest BCUT2D eigenvalue weighted by atomic mass is 16.5. The molecule has 1 saturated carbocycles. The van der Waals surface area contributed by atoms with Gasteiger partial charge in [-0.2, -0.15) is 0 Å². The molecule has 1 aliphatic carbocycles. The number of Topliss-reactive ketones (excluding diaryl/α,β-unsaturated/α-hetero) is 1. The third kappa shape index (κ3) is 2.08. The summed E-state index contributed by atoms with van der Waals surface area (Å²) in [6.45, 7) is 1.30. The van der Waals surface area contributed by atoms with Crippen molar-refractivity contribution in [3.8, 4) is 11.5 Å². The fourth-order valence-corrected chi connectivity index (χ4v) is 2.43. The number of fused-ring (bicyclic) bond motifs is 1. The number of carbonyl (C=O) groups excluding carboxylic acids is 1. The minimum atomic E-state index is 0.0877. The quantitative estimate of drug-likeness (QED) is 0.809. The minimum absolute atomic E-state index is 0.0877. The molecule has 0 aromatic heterocycles. The highest BCUT2D eigenvalue weighted by molar-refractivity contribution is 5.99. The molecule has 0 unspecified atom stereocenters. The summed E-state index contributed by atoms with van der Waals surface area (Å²) < 4.78 is 11.1. The minimum Gasteiger partial charge on any atom is -0.490 e. The van der Waals surface area contributed by atoms with E-state index in [4.69, 9.17) is 15.2 Å². The number of rotatable bonds is 2. The van der Waals surface area contributed by atoms with Crippen LogP contribution < -0.4 is 15.2 Å². The monoisotopic (exact) mass is 247 g/mol. The maximum absolute atomic E-state index is 12.2. The van der Waals surface area contributed by atoms with Crippen molar-refractivity contribution < 1.29 is 14.3 Å². The Balaban J connectivity index is 1.81. The van der Waals surface area contributed by atoms with E-state index in [-0.39, 0.29) is 17.7 Å². The first-order valence-electron chi connectivity index (χ1n) is 6.43. The Morgan fingerprint density at radius 3 is 2.61 bits per heavy atom. The van der Waals surface area contributed by atoms with Crippen molar-refractivity contribution in [3.63, 3.8) is 0 Å². The predicted molar refractivity (Wildman–Crippen MR) is 67.1 cm³/mol. The van der Waals surface area contributed by atoms with Gasteiger partial charge in [-0.05, 0) is 31.0 Å². The SMILES string of the molecule is NC1CC(C(=O)c2ccc3c(c2)OCCCO3)C1. The maximum Gasteiger partial charge on any atom is 0.166 e. The van der Waals surface area contributed by atoms with Crippen molar-refractivity contribution in [2.24, 2.45) is 11.7 Å². The molecule has 1 aromatic rings. The van der Waals surface area contributed by atoms with Crippen LogP contribution in [0.2, 0.25) is 0 Å². The van der Waals surface area contributed by atoms with Gasteiger partial charge >= 0.3 is 0 Å². The van der Waals surface area contributed by atoms with Crippen molar-refractivity contribution in [1.82, 2.24) is 0 Å². The average molecular weight is 247 g/mol. The van der Waals surface area contributed by atoms with Crippen LogP contribution in [-0.2, 0) is 0 Å². The molecule has 4 heteroatoms. The van der Waals surface area contributed by atoms with Gasteiger partial charge in [-0.3, -0.25) is 4.79 Å². The third-order valence-corrected chi connectivity index (χ3v) is 3.58. The Kier molecular flexibility index (Phi) is 2.96. The van der Waals surface area contributed by atoms with Crippen LogP contribution in [0.4, 0.5) is 0 Å². The summed E-state index contributed by atoms with van der Waals surface area (Å²) >= 11 is 0. The normalized spacial score (nSPS) is 26.1. The molecule has 18 heavy (non-hydrogen) atoms. The van der Waals surface area contributed by atoms with E-state index >= 15 is 0 Å². The summed E-state index contributed by atoms with van der Waals surface area (Å²) in [5.74, 6) is 1.67. The lowest BCUT2D eigenvalue weighted by atomic mass is 9.76. The first-order valence-corrected chi connectivity index (χ1v) is 6.43. The second kappa shape index (κ2) is 4.61. The average Bonchev–Trinajstić information content (AvgIpc) is 2.58. The van der Waals surface area contributed by atoms with Gasteiger partial charge in [-0.1, -0.05) is 0 Å². The Bertz CT molecular complexity index is 466. The molecule has 3 rings (SSSR count). The number of benzene rings is 1. The van der Waals surface area contributed by atoms with E-state index < -0.39 is 0 Å². The van der Waals surface area contributed by atoms with Gasteiger partial charge in [-0.25, -0.2) is 0 Å². The number of carbonyl (C=O) groups is 1. The maximum atomic E-state index is 12.2. The molecular weight excluding hydrogens is 230 g/mol. The Morgan fingerprint density at radius 1 is 1.17 bits per heavy atom. The zero-order valence-electron chi connectivity index (χ0n) is 10.2. The van der Waals surface area contributed by atoms with Crippen LogP contribution in [0.15, 0.2) is 18.2 Å². The van der Waals surface area contributed by atoms with E-state index in [9.17, 15) is 4.79 Å². The first-order chi connectivity index (χ1) is 8.74. The Labute approximate surface area is 106 Å². The smallest absolute Gasteiger partial charge is 0.166 e. The molecule has 0 spiro atoms. The van der Waals surface area contributed by atoms with Crippen molar-refractivity contribution in [2.75, 3.05) is 13.2 Å². The number of hydrogen-bond acceptors (Lipinski definition) is 4. The van der Waals surface area contributed by atoms with Gasteiger partial charge in [0.1, 0.15) is 0 Å². The zero-order valence-corrected chi connectivity index (χ0v) is 10.2. The van der Waals surface area contributed by atoms with Crippen LogP contribution in [0.25, 0.3) is 0 Å². The molecule has 0 saturated heterocycles. The van der Waals surface area contributed by atoms with E-state index in [0.29, 0.717) is 24.5 Å². The largest absolute Gasteiger partial charge is 0.490 e. The van der Waals surface area contributed by atoms with Crippen LogP contribution in [0.1, 0.15) is 29.6 Å². The van der Waals surface area contributed by atoms with Gasteiger partial charge in [0, 0.05) is 23.9 Å². The van der Waals surface area contributed by atoms with Crippen LogP contribution in [-0.4, -0.2) is 25.0 Å². The van der Waals surface area contributed by atoms with Crippen molar-refractivity contribution >= 4 is 5.78 Å². The Morgan fingerprint density at radius 2 is 1.89 bits per heavy atom. The molecule has 0 atom stereocenters. The molecule has 0 radical (unpaired) electrons. The molecule has 1 heterocycles. The summed E-state index contributed by atoms with van der Waals surface area (Å²) in [6.07, 6.45) is 2.47. The van der Waals surface area contributed by atoms with Crippen molar-refractivity contribution in [3.05, 3.63) is 23.8 Å². The number of nitrogens with two attached hydrogens (primary N) is 1. The molecule has 4 nitrogen and oxygen atoms in total. The predicted octanol–water partition coefficient (Wildman–Crippen LogP) is 1.77. The summed E-state index contributed by atoms with van der Waals surface area (Å²) in [5, 5.41) is 0. The summed E-state index contributed by atoms with van der Waals surface area (Å²) in [5.41, 5.74) is 6.42. The molecule has 1 aromatic carbocycles. The molecule has 1 aliphatic heterocycles. The summed E-state index contributed by atoms with van der Waals surface area (Å²) in [4.78, 5) is 12.2. The van der Waals surface area contributed by atoms with Gasteiger partial charge in [0.05, 0.1) is 13.2 Å². The third-order valence-electron chi connectivity index (χ3n) is 3.58. The summed E-state index contributed by atoms with van der Waals surface area (Å²) in [6, 6.07) is 5.64. The molecule has 2 N–H and O–H groups in total.